The molecule has 0 radical (unpaired) electrons. The van der Waals surface area contributed by atoms with Gasteiger partial charge in [0.15, 0.2) is 0 Å². The van der Waals surface area contributed by atoms with E-state index in [2.05, 4.69) is 32.7 Å². The maximum atomic E-state index is 9.95. The number of rotatable bonds is 8. The van der Waals surface area contributed by atoms with Gasteiger partial charge in [-0.15, -0.1) is 0 Å². The molecular weight excluding hydrogens is 430 g/mol. The van der Waals surface area contributed by atoms with E-state index in [-0.39, 0.29) is 6.61 Å². The number of aliphatic hydroxyl groups is 1. The second-order valence-electron chi connectivity index (χ2n) is 8.33. The highest BCUT2D eigenvalue weighted by atomic mass is 16.5. The lowest BCUT2D eigenvalue weighted by Crippen LogP contribution is -2.28. The Bertz CT molecular complexity index is 1300. The van der Waals surface area contributed by atoms with Crippen molar-refractivity contribution in [2.75, 3.05) is 36.9 Å². The molecule has 4 rings (SSSR count). The second kappa shape index (κ2) is 9.75. The molecule has 0 aliphatic carbocycles. The number of hydrogen-bond acceptors (Lipinski definition) is 9. The Hall–Kier alpha value is -4.18. The number of nitrogens with one attached hydrogen (secondary N) is 2. The van der Waals surface area contributed by atoms with Gasteiger partial charge in [0.2, 0.25) is 5.95 Å². The normalized spacial score (nSPS) is 16.1. The van der Waals surface area contributed by atoms with E-state index >= 15 is 0 Å². The molecule has 1 atom stereocenters. The lowest BCUT2D eigenvalue weighted by atomic mass is 9.83. The highest BCUT2D eigenvalue weighted by Gasteiger charge is 2.36. The van der Waals surface area contributed by atoms with Gasteiger partial charge >= 0.3 is 0 Å². The summed E-state index contributed by atoms with van der Waals surface area (Å²) in [6, 6.07) is 14.9. The van der Waals surface area contributed by atoms with Gasteiger partial charge in [-0.05, 0) is 54.9 Å². The van der Waals surface area contributed by atoms with Gasteiger partial charge in [0.05, 0.1) is 47.5 Å². The van der Waals surface area contributed by atoms with Crippen LogP contribution in [0.25, 0.3) is 11.3 Å². The van der Waals surface area contributed by atoms with Crippen LogP contribution in [0.2, 0.25) is 0 Å². The predicted octanol–water partition coefficient (Wildman–Crippen LogP) is 3.03. The largest absolute Gasteiger partial charge is 0.491 e. The smallest absolute Gasteiger partial charge is 0.227 e. The van der Waals surface area contributed by atoms with Crippen molar-refractivity contribution in [2.45, 2.75) is 18.8 Å². The van der Waals surface area contributed by atoms with Crippen molar-refractivity contribution in [3.8, 4) is 29.1 Å². The van der Waals surface area contributed by atoms with Crippen LogP contribution < -0.4 is 21.1 Å². The third-order valence-electron chi connectivity index (χ3n) is 5.83. The van der Waals surface area contributed by atoms with Crippen LogP contribution in [0.1, 0.15) is 30.0 Å². The molecule has 0 unspecified atom stereocenters. The first-order valence-corrected chi connectivity index (χ1v) is 10.9. The molecule has 5 N–H and O–H groups in total. The molecule has 0 saturated carbocycles. The monoisotopic (exact) mass is 455 g/mol. The van der Waals surface area contributed by atoms with Gasteiger partial charge in [-0.2, -0.15) is 10.5 Å². The van der Waals surface area contributed by atoms with Gasteiger partial charge in [-0.25, -0.2) is 9.97 Å². The molecule has 0 saturated heterocycles. The maximum absolute atomic E-state index is 9.95. The summed E-state index contributed by atoms with van der Waals surface area (Å²) in [6.45, 7) is 3.43. The van der Waals surface area contributed by atoms with Crippen molar-refractivity contribution in [3.63, 3.8) is 0 Å². The summed E-state index contributed by atoms with van der Waals surface area (Å²) >= 11 is 0. The predicted molar refractivity (Wildman–Crippen MR) is 129 cm³/mol. The zero-order valence-electron chi connectivity index (χ0n) is 18.8. The van der Waals surface area contributed by atoms with Crippen molar-refractivity contribution in [3.05, 3.63) is 59.3 Å². The zero-order chi connectivity index (χ0) is 24.1. The molecule has 1 aliphatic heterocycles. The summed E-state index contributed by atoms with van der Waals surface area (Å²) in [6.07, 6.45) is 2.32. The molecule has 0 spiro atoms. The molecule has 34 heavy (non-hydrogen) atoms. The Morgan fingerprint density at radius 1 is 1.24 bits per heavy atom. The van der Waals surface area contributed by atoms with Crippen LogP contribution in [0.5, 0.6) is 5.75 Å². The van der Waals surface area contributed by atoms with E-state index in [1.54, 1.807) is 36.5 Å². The highest BCUT2D eigenvalue weighted by molar-refractivity contribution is 5.76. The highest BCUT2D eigenvalue weighted by Crippen LogP contribution is 2.41. The molecule has 9 heteroatoms. The van der Waals surface area contributed by atoms with E-state index in [4.69, 9.17) is 10.5 Å². The molecule has 1 aromatic heterocycles. The quantitative estimate of drug-likeness (QED) is 0.375. The summed E-state index contributed by atoms with van der Waals surface area (Å²) < 4.78 is 5.81. The van der Waals surface area contributed by atoms with Crippen LogP contribution in [-0.4, -0.2) is 41.4 Å². The standard InChI is InChI=1S/C25H25N7O2/c1-25(15-33)14-30-23-18(13-28)10-17(11-19(23)25)20-5-7-29-24(31-20)32-21-9-16(12-27)3-4-22(21)34-8-2-6-26/h3-5,7,9-11,30,33H,2,6,8,14-15,26H2,1H3,(H,29,31,32)/t25-/m1/s1. The van der Waals surface area contributed by atoms with Crippen LogP contribution >= 0.6 is 0 Å². The van der Waals surface area contributed by atoms with Gasteiger partial charge in [-0.3, -0.25) is 0 Å². The van der Waals surface area contributed by atoms with Crippen LogP contribution in [0, 0.1) is 22.7 Å². The summed E-state index contributed by atoms with van der Waals surface area (Å²) in [5.74, 6) is 0.883. The number of anilines is 3. The first-order chi connectivity index (χ1) is 16.5. The minimum Gasteiger partial charge on any atom is -0.491 e. The molecule has 9 nitrogen and oxygen atoms in total. The van der Waals surface area contributed by atoms with E-state index < -0.39 is 5.41 Å². The van der Waals surface area contributed by atoms with Gasteiger partial charge in [0.1, 0.15) is 11.8 Å². The Kier molecular flexibility index (Phi) is 6.60. The van der Waals surface area contributed by atoms with Crippen molar-refractivity contribution in [2.24, 2.45) is 5.73 Å². The lowest BCUT2D eigenvalue weighted by Gasteiger charge is -2.21. The first kappa shape index (κ1) is 23.0. The average Bonchev–Trinajstić information content (AvgIpc) is 3.21. The number of nitrogens with two attached hydrogens (primary N) is 1. The Labute approximate surface area is 197 Å². The van der Waals surface area contributed by atoms with Gasteiger partial charge in [-0.1, -0.05) is 6.92 Å². The summed E-state index contributed by atoms with van der Waals surface area (Å²) in [5.41, 5.74) is 9.60. The summed E-state index contributed by atoms with van der Waals surface area (Å²) in [4.78, 5) is 8.95. The number of aromatic nitrogens is 2. The van der Waals surface area contributed by atoms with E-state index in [0.717, 1.165) is 16.8 Å². The molecule has 3 aromatic rings. The Morgan fingerprint density at radius 3 is 2.82 bits per heavy atom. The summed E-state index contributed by atoms with van der Waals surface area (Å²) in [5, 5.41) is 35.3. The Morgan fingerprint density at radius 2 is 2.09 bits per heavy atom. The number of hydrogen-bond donors (Lipinski definition) is 4. The molecule has 0 fully saturated rings. The van der Waals surface area contributed by atoms with Crippen LogP contribution in [0.4, 0.5) is 17.3 Å². The molecule has 172 valence electrons. The van der Waals surface area contributed by atoms with Gasteiger partial charge < -0.3 is 26.2 Å². The molecule has 2 aromatic carbocycles. The van der Waals surface area contributed by atoms with Crippen LogP contribution in [-0.2, 0) is 5.41 Å². The number of nitrogens with zero attached hydrogens (tertiary/aromatic N) is 4. The van der Waals surface area contributed by atoms with Crippen molar-refractivity contribution >= 4 is 17.3 Å². The Balaban J connectivity index is 1.69. The number of ether oxygens (including phenoxy) is 1. The molecule has 1 aliphatic rings. The third kappa shape index (κ3) is 4.48. The van der Waals surface area contributed by atoms with Crippen molar-refractivity contribution in [1.29, 1.82) is 10.5 Å². The average molecular weight is 456 g/mol. The SMILES string of the molecule is C[C@]1(CO)CNc2c(C#N)cc(-c3ccnc(Nc4cc(C#N)ccc4OCCCN)n3)cc21. The van der Waals surface area contributed by atoms with E-state index in [0.29, 0.717) is 60.3 Å². The lowest BCUT2D eigenvalue weighted by molar-refractivity contribution is 0.219. The number of benzene rings is 2. The number of aliphatic hydroxyl groups excluding tert-OH is 1. The number of fused-ring (bicyclic) bond motifs is 1. The maximum Gasteiger partial charge on any atom is 0.227 e. The topological polar surface area (TPSA) is 153 Å². The number of nitriles is 2. The first-order valence-electron chi connectivity index (χ1n) is 10.9. The molecule has 0 amide bonds. The fourth-order valence-corrected chi connectivity index (χ4v) is 3.85. The van der Waals surface area contributed by atoms with Crippen LogP contribution in [0.3, 0.4) is 0 Å². The van der Waals surface area contributed by atoms with Gasteiger partial charge in [0.25, 0.3) is 0 Å². The van der Waals surface area contributed by atoms with Crippen molar-refractivity contribution in [1.82, 2.24) is 9.97 Å². The summed E-state index contributed by atoms with van der Waals surface area (Å²) in [7, 11) is 0. The molecular formula is C25H25N7O2. The van der Waals surface area contributed by atoms with E-state index in [1.807, 2.05) is 13.0 Å². The fourth-order valence-electron chi connectivity index (χ4n) is 3.85. The second-order valence-corrected chi connectivity index (χ2v) is 8.33. The molecule has 0 bridgehead atoms. The van der Waals surface area contributed by atoms with Crippen molar-refractivity contribution < 1.29 is 9.84 Å². The van der Waals surface area contributed by atoms with E-state index in [1.165, 1.54) is 0 Å². The zero-order valence-corrected chi connectivity index (χ0v) is 18.8. The van der Waals surface area contributed by atoms with Gasteiger partial charge in [0, 0.05) is 23.7 Å². The minimum atomic E-state index is -0.488. The molecule has 2 heterocycles. The van der Waals surface area contributed by atoms with Crippen LogP contribution in [0.15, 0.2) is 42.6 Å². The van der Waals surface area contributed by atoms with E-state index in [9.17, 15) is 15.6 Å². The fraction of sp³-hybridized carbons (Fsp3) is 0.280. The minimum absolute atomic E-state index is 0.0416. The third-order valence-corrected chi connectivity index (χ3v) is 5.83.